The van der Waals surface area contributed by atoms with Crippen LogP contribution in [-0.4, -0.2) is 78.9 Å². The minimum atomic E-state index is 0.0258. The Kier molecular flexibility index (Phi) is 6.34. The third-order valence-corrected chi connectivity index (χ3v) is 6.42. The average Bonchev–Trinajstić information content (AvgIpc) is 3.15. The van der Waals surface area contributed by atoms with Gasteiger partial charge in [0.05, 0.1) is 6.54 Å². The molecular weight excluding hydrogens is 316 g/mol. The molecule has 2 heterocycles. The zero-order valence-electron chi connectivity index (χ0n) is 15.5. The van der Waals surface area contributed by atoms with E-state index in [9.17, 15) is 9.59 Å². The van der Waals surface area contributed by atoms with Gasteiger partial charge in [-0.3, -0.25) is 14.5 Å². The summed E-state index contributed by atoms with van der Waals surface area (Å²) in [6.45, 7) is 5.95. The van der Waals surface area contributed by atoms with Crippen LogP contribution in [0, 0.1) is 5.41 Å². The van der Waals surface area contributed by atoms with Gasteiger partial charge >= 0.3 is 0 Å². The van der Waals surface area contributed by atoms with Crippen molar-refractivity contribution < 1.29 is 9.59 Å². The lowest BCUT2D eigenvalue weighted by molar-refractivity contribution is -0.141. The zero-order valence-corrected chi connectivity index (χ0v) is 15.5. The van der Waals surface area contributed by atoms with Crippen molar-refractivity contribution in [2.24, 2.45) is 11.1 Å². The SMILES string of the molecule is NCC1(CC(=O)N2CCN(C(=O)CN3CCCC3)CC2)CCCCC1. The fourth-order valence-electron chi connectivity index (χ4n) is 4.62. The molecule has 3 rings (SSSR count). The summed E-state index contributed by atoms with van der Waals surface area (Å²) in [6, 6.07) is 0. The Labute approximate surface area is 151 Å². The highest BCUT2D eigenvalue weighted by molar-refractivity contribution is 5.80. The summed E-state index contributed by atoms with van der Waals surface area (Å²) in [6.07, 6.45) is 8.84. The van der Waals surface area contributed by atoms with E-state index in [4.69, 9.17) is 5.73 Å². The number of nitrogens with zero attached hydrogens (tertiary/aromatic N) is 3. The molecule has 6 heteroatoms. The molecule has 0 aromatic carbocycles. The summed E-state index contributed by atoms with van der Waals surface area (Å²) in [5, 5.41) is 0. The third kappa shape index (κ3) is 4.73. The summed E-state index contributed by atoms with van der Waals surface area (Å²) in [5.41, 5.74) is 6.05. The normalized spacial score (nSPS) is 24.5. The summed E-state index contributed by atoms with van der Waals surface area (Å²) in [7, 11) is 0. The van der Waals surface area contributed by atoms with Crippen LogP contribution in [0.3, 0.4) is 0 Å². The highest BCUT2D eigenvalue weighted by Crippen LogP contribution is 2.38. The smallest absolute Gasteiger partial charge is 0.236 e. The molecule has 0 spiro atoms. The van der Waals surface area contributed by atoms with Gasteiger partial charge in [0.25, 0.3) is 0 Å². The van der Waals surface area contributed by atoms with E-state index < -0.39 is 0 Å². The maximum atomic E-state index is 12.7. The standard InChI is InChI=1S/C19H34N4O2/c20-16-19(6-2-1-3-7-19)14-17(24)22-10-12-23(13-11-22)18(25)15-21-8-4-5-9-21/h1-16,20H2. The number of hydrogen-bond donors (Lipinski definition) is 1. The van der Waals surface area contributed by atoms with E-state index in [1.165, 1.54) is 32.1 Å². The number of carbonyl (C=O) groups excluding carboxylic acids is 2. The van der Waals surface area contributed by atoms with Gasteiger partial charge in [-0.15, -0.1) is 0 Å². The monoisotopic (exact) mass is 350 g/mol. The first-order valence-electron chi connectivity index (χ1n) is 10.1. The Morgan fingerprint density at radius 2 is 1.32 bits per heavy atom. The van der Waals surface area contributed by atoms with Gasteiger partial charge in [-0.2, -0.15) is 0 Å². The lowest BCUT2D eigenvalue weighted by atomic mass is 9.71. The summed E-state index contributed by atoms with van der Waals surface area (Å²) in [5.74, 6) is 0.457. The van der Waals surface area contributed by atoms with Gasteiger partial charge in [0, 0.05) is 32.6 Å². The van der Waals surface area contributed by atoms with Crippen LogP contribution in [0.15, 0.2) is 0 Å². The topological polar surface area (TPSA) is 69.9 Å². The van der Waals surface area contributed by atoms with Crippen LogP contribution in [-0.2, 0) is 9.59 Å². The van der Waals surface area contributed by atoms with Crippen LogP contribution in [0.4, 0.5) is 0 Å². The van der Waals surface area contributed by atoms with E-state index in [1.54, 1.807) is 0 Å². The number of rotatable bonds is 5. The molecule has 0 bridgehead atoms. The largest absolute Gasteiger partial charge is 0.339 e. The van der Waals surface area contributed by atoms with Gasteiger partial charge in [-0.25, -0.2) is 0 Å². The molecule has 0 aromatic heterocycles. The van der Waals surface area contributed by atoms with Gasteiger partial charge in [-0.05, 0) is 50.7 Å². The molecule has 0 unspecified atom stereocenters. The fraction of sp³-hybridized carbons (Fsp3) is 0.895. The second-order valence-corrected chi connectivity index (χ2v) is 8.19. The minimum Gasteiger partial charge on any atom is -0.339 e. The predicted molar refractivity (Wildman–Crippen MR) is 98.0 cm³/mol. The second-order valence-electron chi connectivity index (χ2n) is 8.19. The molecule has 3 aliphatic rings. The quantitative estimate of drug-likeness (QED) is 0.805. The van der Waals surface area contributed by atoms with Gasteiger partial charge in [0.1, 0.15) is 0 Å². The van der Waals surface area contributed by atoms with Gasteiger partial charge in [0.2, 0.25) is 11.8 Å². The Morgan fingerprint density at radius 1 is 0.760 bits per heavy atom. The molecule has 25 heavy (non-hydrogen) atoms. The molecule has 142 valence electrons. The van der Waals surface area contributed by atoms with E-state index in [1.807, 2.05) is 9.80 Å². The molecule has 1 saturated carbocycles. The first-order valence-corrected chi connectivity index (χ1v) is 10.1. The number of hydrogen-bond acceptors (Lipinski definition) is 4. The Hall–Kier alpha value is -1.14. The molecule has 2 N–H and O–H groups in total. The predicted octanol–water partition coefficient (Wildman–Crippen LogP) is 1.05. The molecule has 2 amide bonds. The highest BCUT2D eigenvalue weighted by atomic mass is 16.2. The number of carbonyl (C=O) groups is 2. The van der Waals surface area contributed by atoms with Gasteiger partial charge < -0.3 is 15.5 Å². The van der Waals surface area contributed by atoms with Crippen LogP contribution in [0.1, 0.15) is 51.4 Å². The first kappa shape index (κ1) is 18.6. The van der Waals surface area contributed by atoms with Crippen molar-refractivity contribution >= 4 is 11.8 Å². The number of nitrogens with two attached hydrogens (primary N) is 1. The van der Waals surface area contributed by atoms with Crippen molar-refractivity contribution in [1.82, 2.24) is 14.7 Å². The van der Waals surface area contributed by atoms with E-state index in [0.717, 1.165) is 25.9 Å². The fourth-order valence-corrected chi connectivity index (χ4v) is 4.62. The molecule has 0 aromatic rings. The van der Waals surface area contributed by atoms with Crippen molar-refractivity contribution in [3.05, 3.63) is 0 Å². The lowest BCUT2D eigenvalue weighted by Gasteiger charge is -2.40. The molecule has 1 aliphatic carbocycles. The maximum Gasteiger partial charge on any atom is 0.236 e. The number of amides is 2. The summed E-state index contributed by atoms with van der Waals surface area (Å²) >= 11 is 0. The zero-order chi connectivity index (χ0) is 17.7. The molecule has 3 fully saturated rings. The number of likely N-dealkylation sites (tertiary alicyclic amines) is 1. The van der Waals surface area contributed by atoms with E-state index in [2.05, 4.69) is 4.90 Å². The van der Waals surface area contributed by atoms with Crippen molar-refractivity contribution in [2.45, 2.75) is 51.4 Å². The molecule has 0 atom stereocenters. The Bertz CT molecular complexity index is 462. The van der Waals surface area contributed by atoms with Crippen LogP contribution in [0.5, 0.6) is 0 Å². The molecule has 2 saturated heterocycles. The van der Waals surface area contributed by atoms with E-state index >= 15 is 0 Å². The van der Waals surface area contributed by atoms with Crippen molar-refractivity contribution in [3.63, 3.8) is 0 Å². The maximum absolute atomic E-state index is 12.7. The first-order chi connectivity index (χ1) is 12.1. The molecule has 6 nitrogen and oxygen atoms in total. The van der Waals surface area contributed by atoms with Crippen molar-refractivity contribution in [1.29, 1.82) is 0 Å². The summed E-state index contributed by atoms with van der Waals surface area (Å²) < 4.78 is 0. The van der Waals surface area contributed by atoms with E-state index in [0.29, 0.717) is 45.7 Å². The second kappa shape index (κ2) is 8.49. The lowest BCUT2D eigenvalue weighted by Crippen LogP contribution is -2.53. The van der Waals surface area contributed by atoms with Crippen LogP contribution in [0.25, 0.3) is 0 Å². The van der Waals surface area contributed by atoms with E-state index in [-0.39, 0.29) is 17.2 Å². The van der Waals surface area contributed by atoms with Crippen molar-refractivity contribution in [2.75, 3.05) is 52.4 Å². The number of piperazine rings is 1. The van der Waals surface area contributed by atoms with Crippen LogP contribution >= 0.6 is 0 Å². The van der Waals surface area contributed by atoms with Gasteiger partial charge in [0.15, 0.2) is 0 Å². The Balaban J connectivity index is 1.44. The van der Waals surface area contributed by atoms with Crippen molar-refractivity contribution in [3.8, 4) is 0 Å². The van der Waals surface area contributed by atoms with Crippen LogP contribution < -0.4 is 5.73 Å². The average molecular weight is 351 g/mol. The Morgan fingerprint density at radius 3 is 1.88 bits per heavy atom. The molecule has 2 aliphatic heterocycles. The summed E-state index contributed by atoms with van der Waals surface area (Å²) in [4.78, 5) is 31.3. The minimum absolute atomic E-state index is 0.0258. The van der Waals surface area contributed by atoms with Crippen LogP contribution in [0.2, 0.25) is 0 Å². The molecular formula is C19H34N4O2. The highest BCUT2D eigenvalue weighted by Gasteiger charge is 2.35. The third-order valence-electron chi connectivity index (χ3n) is 6.42. The van der Waals surface area contributed by atoms with Gasteiger partial charge in [-0.1, -0.05) is 19.3 Å². The molecule has 0 radical (unpaired) electrons.